The second-order valence-corrected chi connectivity index (χ2v) is 2.83. The van der Waals surface area contributed by atoms with Gasteiger partial charge in [-0.1, -0.05) is 13.8 Å². The molecule has 0 saturated carbocycles. The van der Waals surface area contributed by atoms with Crippen molar-refractivity contribution < 1.29 is 4.92 Å². The Kier molecular flexibility index (Phi) is 3.01. The van der Waals surface area contributed by atoms with Gasteiger partial charge >= 0.3 is 0 Å². The normalized spacial score (nSPS) is 10.0. The Morgan fingerprint density at radius 3 is 2.62 bits per heavy atom. The van der Waals surface area contributed by atoms with Crippen LogP contribution < -0.4 is 0 Å². The molecule has 0 atom stereocenters. The molecule has 1 rings (SSSR count). The van der Waals surface area contributed by atoms with E-state index in [1.165, 1.54) is 6.07 Å². The fourth-order valence-corrected chi connectivity index (χ4v) is 1.24. The van der Waals surface area contributed by atoms with E-state index < -0.39 is 0 Å². The van der Waals surface area contributed by atoms with Crippen molar-refractivity contribution >= 4 is 5.69 Å². The molecule has 69 valence electrons. The van der Waals surface area contributed by atoms with E-state index in [0.29, 0.717) is 6.42 Å². The Balaban J connectivity index is 3.15. The third kappa shape index (κ3) is 2.05. The van der Waals surface area contributed by atoms with Gasteiger partial charge in [0, 0.05) is 11.6 Å². The average Bonchev–Trinajstić information content (AvgIpc) is 2.16. The lowest BCUT2D eigenvalue weighted by molar-refractivity contribution is -0.385. The highest BCUT2D eigenvalue weighted by Crippen LogP contribution is 2.20. The first-order valence-electron chi connectivity index (χ1n) is 4.36. The van der Waals surface area contributed by atoms with Crippen molar-refractivity contribution in [1.82, 2.24) is 0 Å². The predicted molar refractivity (Wildman–Crippen MR) is 50.7 cm³/mol. The summed E-state index contributed by atoms with van der Waals surface area (Å²) in [6.45, 7) is 3.93. The monoisotopic (exact) mass is 178 g/mol. The number of rotatable bonds is 3. The number of nitro benzene ring substituents is 1. The molecule has 1 aromatic rings. The highest BCUT2D eigenvalue weighted by molar-refractivity contribution is 5.42. The van der Waals surface area contributed by atoms with E-state index in [0.717, 1.165) is 17.5 Å². The SMILES string of the molecule is CCc1[c]cc([N+](=O)[O-])c(CC)c1. The maximum atomic E-state index is 10.6. The van der Waals surface area contributed by atoms with Crippen LogP contribution in [0.2, 0.25) is 0 Å². The van der Waals surface area contributed by atoms with Gasteiger partial charge in [-0.05, 0) is 30.5 Å². The highest BCUT2D eigenvalue weighted by atomic mass is 16.6. The minimum atomic E-state index is -0.352. The van der Waals surface area contributed by atoms with Gasteiger partial charge in [-0.25, -0.2) is 0 Å². The zero-order valence-electron chi connectivity index (χ0n) is 7.83. The summed E-state index contributed by atoms with van der Waals surface area (Å²) in [5.41, 5.74) is 2.00. The molecule has 0 N–H and O–H groups in total. The summed E-state index contributed by atoms with van der Waals surface area (Å²) in [5.74, 6) is 0. The molecule has 0 aliphatic carbocycles. The molecule has 0 fully saturated rings. The predicted octanol–water partition coefficient (Wildman–Crippen LogP) is 2.52. The molecule has 0 aliphatic rings. The molecule has 0 unspecified atom stereocenters. The van der Waals surface area contributed by atoms with Crippen LogP contribution in [0.1, 0.15) is 25.0 Å². The second-order valence-electron chi connectivity index (χ2n) is 2.83. The average molecular weight is 178 g/mol. The molecule has 3 heteroatoms. The largest absolute Gasteiger partial charge is 0.273 e. The lowest BCUT2D eigenvalue weighted by atomic mass is 10.1. The smallest absolute Gasteiger partial charge is 0.258 e. The van der Waals surface area contributed by atoms with Gasteiger partial charge in [0.1, 0.15) is 0 Å². The molecule has 3 nitrogen and oxygen atoms in total. The molecule has 0 saturated heterocycles. The summed E-state index contributed by atoms with van der Waals surface area (Å²) in [6, 6.07) is 6.23. The van der Waals surface area contributed by atoms with Crippen LogP contribution in [0.5, 0.6) is 0 Å². The van der Waals surface area contributed by atoms with Crippen LogP contribution in [0, 0.1) is 16.2 Å². The van der Waals surface area contributed by atoms with Gasteiger partial charge < -0.3 is 0 Å². The summed E-state index contributed by atoms with van der Waals surface area (Å²) in [6.07, 6.45) is 1.56. The maximum absolute atomic E-state index is 10.6. The zero-order valence-corrected chi connectivity index (χ0v) is 7.83. The van der Waals surface area contributed by atoms with E-state index in [1.807, 2.05) is 19.9 Å². The first kappa shape index (κ1) is 9.71. The summed E-state index contributed by atoms with van der Waals surface area (Å²) >= 11 is 0. The van der Waals surface area contributed by atoms with Crippen LogP contribution in [0.25, 0.3) is 0 Å². The second kappa shape index (κ2) is 4.03. The van der Waals surface area contributed by atoms with Crippen molar-refractivity contribution in [1.29, 1.82) is 0 Å². The fourth-order valence-electron chi connectivity index (χ4n) is 1.24. The van der Waals surface area contributed by atoms with Crippen molar-refractivity contribution in [2.75, 3.05) is 0 Å². The van der Waals surface area contributed by atoms with Gasteiger partial charge in [-0.3, -0.25) is 10.1 Å². The molecule has 1 radical (unpaired) electrons. The molecule has 0 aromatic heterocycles. The number of benzene rings is 1. The molecular formula is C10H12NO2. The number of nitrogens with zero attached hydrogens (tertiary/aromatic N) is 1. The first-order valence-corrected chi connectivity index (χ1v) is 4.36. The molecule has 0 aliphatic heterocycles. The van der Waals surface area contributed by atoms with Crippen LogP contribution in [0.4, 0.5) is 5.69 Å². The number of hydrogen-bond acceptors (Lipinski definition) is 2. The fraction of sp³-hybridized carbons (Fsp3) is 0.400. The van der Waals surface area contributed by atoms with E-state index in [1.54, 1.807) is 0 Å². The summed E-state index contributed by atoms with van der Waals surface area (Å²) in [4.78, 5) is 10.2. The molecule has 0 heterocycles. The van der Waals surface area contributed by atoms with Crippen molar-refractivity contribution in [3.8, 4) is 0 Å². The molecule has 13 heavy (non-hydrogen) atoms. The van der Waals surface area contributed by atoms with Crippen LogP contribution in [0.3, 0.4) is 0 Å². The zero-order chi connectivity index (χ0) is 9.84. The van der Waals surface area contributed by atoms with Gasteiger partial charge in [0.15, 0.2) is 0 Å². The van der Waals surface area contributed by atoms with Crippen LogP contribution in [-0.4, -0.2) is 4.92 Å². The Labute approximate surface area is 77.5 Å². The van der Waals surface area contributed by atoms with Gasteiger partial charge in [0.2, 0.25) is 0 Å². The molecule has 0 bridgehead atoms. The van der Waals surface area contributed by atoms with E-state index in [9.17, 15) is 10.1 Å². The van der Waals surface area contributed by atoms with E-state index >= 15 is 0 Å². The van der Waals surface area contributed by atoms with Gasteiger partial charge in [-0.15, -0.1) is 0 Å². The Hall–Kier alpha value is -1.38. The number of nitro groups is 1. The van der Waals surface area contributed by atoms with Gasteiger partial charge in [0.25, 0.3) is 5.69 Å². The quantitative estimate of drug-likeness (QED) is 0.527. The molecular weight excluding hydrogens is 166 g/mol. The van der Waals surface area contributed by atoms with Crippen molar-refractivity contribution in [3.05, 3.63) is 39.4 Å². The van der Waals surface area contributed by atoms with Crippen molar-refractivity contribution in [2.24, 2.45) is 0 Å². The number of hydrogen-bond donors (Lipinski definition) is 0. The molecule has 0 spiro atoms. The molecule has 0 amide bonds. The lowest BCUT2D eigenvalue weighted by Gasteiger charge is -2.01. The van der Waals surface area contributed by atoms with Crippen molar-refractivity contribution in [3.63, 3.8) is 0 Å². The van der Waals surface area contributed by atoms with Crippen LogP contribution >= 0.6 is 0 Å². The Morgan fingerprint density at radius 1 is 1.46 bits per heavy atom. The van der Waals surface area contributed by atoms with E-state index in [4.69, 9.17) is 0 Å². The molecule has 1 aromatic carbocycles. The number of aryl methyl sites for hydroxylation is 2. The Bertz CT molecular complexity index is 321. The standard InChI is InChI=1S/C10H12NO2/c1-3-8-5-6-10(11(12)13)9(4-2)7-8/h6-7H,3-4H2,1-2H3. The van der Waals surface area contributed by atoms with Crippen LogP contribution in [0.15, 0.2) is 12.1 Å². The minimum absolute atomic E-state index is 0.180. The van der Waals surface area contributed by atoms with Crippen molar-refractivity contribution in [2.45, 2.75) is 26.7 Å². The van der Waals surface area contributed by atoms with E-state index in [2.05, 4.69) is 6.07 Å². The first-order chi connectivity index (χ1) is 6.19. The lowest BCUT2D eigenvalue weighted by Crippen LogP contribution is -1.95. The topological polar surface area (TPSA) is 43.1 Å². The van der Waals surface area contributed by atoms with Gasteiger partial charge in [0.05, 0.1) is 4.92 Å². The minimum Gasteiger partial charge on any atom is -0.258 e. The highest BCUT2D eigenvalue weighted by Gasteiger charge is 2.11. The van der Waals surface area contributed by atoms with E-state index in [-0.39, 0.29) is 10.6 Å². The summed E-state index contributed by atoms with van der Waals surface area (Å²) in [7, 11) is 0. The van der Waals surface area contributed by atoms with Gasteiger partial charge in [-0.2, -0.15) is 0 Å². The van der Waals surface area contributed by atoms with Crippen LogP contribution in [-0.2, 0) is 12.8 Å². The Morgan fingerprint density at radius 2 is 2.15 bits per heavy atom. The third-order valence-corrected chi connectivity index (χ3v) is 2.03. The summed E-state index contributed by atoms with van der Waals surface area (Å²) < 4.78 is 0. The summed E-state index contributed by atoms with van der Waals surface area (Å²) in [5, 5.41) is 10.6. The maximum Gasteiger partial charge on any atom is 0.273 e. The third-order valence-electron chi connectivity index (χ3n) is 2.03.